The number of carbonyl (C=O) groups excluding carboxylic acids is 1. The Morgan fingerprint density at radius 1 is 1.26 bits per heavy atom. The van der Waals surface area contributed by atoms with E-state index in [-0.39, 0.29) is 18.1 Å². The Balaban J connectivity index is 2.08. The van der Waals surface area contributed by atoms with Crippen LogP contribution in [-0.2, 0) is 6.61 Å². The van der Waals surface area contributed by atoms with Crippen molar-refractivity contribution in [2.75, 3.05) is 0 Å². The molecule has 0 saturated heterocycles. The van der Waals surface area contributed by atoms with Crippen molar-refractivity contribution in [2.45, 2.75) is 6.61 Å². The van der Waals surface area contributed by atoms with Crippen molar-refractivity contribution in [1.29, 1.82) is 0 Å². The summed E-state index contributed by atoms with van der Waals surface area (Å²) in [6.45, 7) is -0.112. The molecule has 7 nitrogen and oxygen atoms in total. The van der Waals surface area contributed by atoms with Gasteiger partial charge in [0.25, 0.3) is 0 Å². The fourth-order valence-electron chi connectivity index (χ4n) is 1.36. The average molecular weight is 263 g/mol. The molecule has 1 heterocycles. The first kappa shape index (κ1) is 12.8. The first-order chi connectivity index (χ1) is 9.10. The van der Waals surface area contributed by atoms with E-state index in [4.69, 9.17) is 14.3 Å². The predicted molar refractivity (Wildman–Crippen MR) is 62.7 cm³/mol. The summed E-state index contributed by atoms with van der Waals surface area (Å²) in [5, 5.41) is 19.3. The quantitative estimate of drug-likeness (QED) is 0.391. The third kappa shape index (κ3) is 2.96. The molecule has 7 heteroatoms. The van der Waals surface area contributed by atoms with E-state index in [0.717, 1.165) is 6.07 Å². The maximum absolute atomic E-state index is 11.6. The lowest BCUT2D eigenvalue weighted by atomic mass is 10.2. The summed E-state index contributed by atoms with van der Waals surface area (Å²) >= 11 is 0. The fourth-order valence-corrected chi connectivity index (χ4v) is 1.36. The van der Waals surface area contributed by atoms with Crippen LogP contribution in [0.2, 0.25) is 0 Å². The van der Waals surface area contributed by atoms with Crippen LogP contribution in [0.15, 0.2) is 40.8 Å². The van der Waals surface area contributed by atoms with Gasteiger partial charge in [-0.3, -0.25) is 10.1 Å². The van der Waals surface area contributed by atoms with Crippen LogP contribution in [0.3, 0.4) is 0 Å². The lowest BCUT2D eigenvalue weighted by Gasteiger charge is -2.02. The molecule has 0 radical (unpaired) electrons. The van der Waals surface area contributed by atoms with Crippen LogP contribution in [0.1, 0.15) is 16.1 Å². The van der Waals surface area contributed by atoms with E-state index < -0.39 is 16.8 Å². The van der Waals surface area contributed by atoms with E-state index in [1.54, 1.807) is 12.1 Å². The molecule has 0 amide bonds. The normalized spacial score (nSPS) is 10.2. The Labute approximate surface area is 107 Å². The molecular formula is C12H9NO6. The Morgan fingerprint density at radius 2 is 1.95 bits per heavy atom. The lowest BCUT2D eigenvalue weighted by molar-refractivity contribution is -0.402. The molecule has 98 valence electrons. The number of esters is 1. The van der Waals surface area contributed by atoms with Crippen LogP contribution < -0.4 is 4.74 Å². The molecule has 0 aliphatic heterocycles. The summed E-state index contributed by atoms with van der Waals surface area (Å²) in [7, 11) is 0. The number of nitrogens with zero attached hydrogens (tertiary/aromatic N) is 1. The highest BCUT2D eigenvalue weighted by Gasteiger charge is 2.18. The number of rotatable bonds is 4. The van der Waals surface area contributed by atoms with Gasteiger partial charge in [-0.2, -0.15) is 0 Å². The van der Waals surface area contributed by atoms with Gasteiger partial charge in [0.1, 0.15) is 10.7 Å². The molecule has 0 atom stereocenters. The maximum Gasteiger partial charge on any atom is 0.433 e. The van der Waals surface area contributed by atoms with Crippen LogP contribution in [-0.4, -0.2) is 16.0 Å². The fraction of sp³-hybridized carbons (Fsp3) is 0.0833. The average Bonchev–Trinajstić information content (AvgIpc) is 2.89. The molecule has 19 heavy (non-hydrogen) atoms. The SMILES string of the molecule is O=C(Oc1ccc(CO)cc1)c1ccc([N+](=O)[O-])o1. The van der Waals surface area contributed by atoms with Crippen molar-refractivity contribution >= 4 is 11.9 Å². The highest BCUT2D eigenvalue weighted by atomic mass is 16.7. The third-order valence-electron chi connectivity index (χ3n) is 2.29. The third-order valence-corrected chi connectivity index (χ3v) is 2.29. The van der Waals surface area contributed by atoms with Gasteiger partial charge in [-0.25, -0.2) is 4.79 Å². The van der Waals surface area contributed by atoms with Crippen molar-refractivity contribution in [1.82, 2.24) is 0 Å². The number of hydrogen-bond donors (Lipinski definition) is 1. The van der Waals surface area contributed by atoms with Crippen molar-refractivity contribution < 1.29 is 24.0 Å². The second kappa shape index (κ2) is 5.32. The van der Waals surface area contributed by atoms with Gasteiger partial charge in [-0.15, -0.1) is 0 Å². The zero-order chi connectivity index (χ0) is 13.8. The number of carbonyl (C=O) groups is 1. The predicted octanol–water partition coefficient (Wildman–Crippen LogP) is 1.90. The van der Waals surface area contributed by atoms with Gasteiger partial charge in [0.2, 0.25) is 5.76 Å². The lowest BCUT2D eigenvalue weighted by Crippen LogP contribution is -2.07. The van der Waals surface area contributed by atoms with Crippen molar-refractivity contribution in [2.24, 2.45) is 0 Å². The standard InChI is InChI=1S/C12H9NO6/c14-7-8-1-3-9(4-2-8)18-12(15)10-5-6-11(19-10)13(16)17/h1-6,14H,7H2. The molecule has 0 aliphatic carbocycles. The number of hydrogen-bond acceptors (Lipinski definition) is 6. The number of aliphatic hydroxyl groups is 1. The van der Waals surface area contributed by atoms with E-state index in [9.17, 15) is 14.9 Å². The summed E-state index contributed by atoms with van der Waals surface area (Å²) in [6, 6.07) is 8.43. The summed E-state index contributed by atoms with van der Waals surface area (Å²) in [6.07, 6.45) is 0. The smallest absolute Gasteiger partial charge is 0.421 e. The minimum absolute atomic E-state index is 0.112. The van der Waals surface area contributed by atoms with Gasteiger partial charge < -0.3 is 14.3 Å². The zero-order valence-electron chi connectivity index (χ0n) is 9.61. The van der Waals surface area contributed by atoms with Gasteiger partial charge in [0, 0.05) is 0 Å². The van der Waals surface area contributed by atoms with Gasteiger partial charge in [0.05, 0.1) is 12.7 Å². The molecule has 0 bridgehead atoms. The Morgan fingerprint density at radius 3 is 2.47 bits per heavy atom. The number of aliphatic hydroxyl groups excluding tert-OH is 1. The molecule has 0 fully saturated rings. The molecule has 0 saturated carbocycles. The first-order valence-electron chi connectivity index (χ1n) is 5.26. The van der Waals surface area contributed by atoms with Crippen LogP contribution in [0.4, 0.5) is 5.88 Å². The Bertz CT molecular complexity index is 601. The number of furan rings is 1. The highest BCUT2D eigenvalue weighted by molar-refractivity contribution is 5.88. The van der Waals surface area contributed by atoms with Crippen molar-refractivity contribution in [3.63, 3.8) is 0 Å². The summed E-state index contributed by atoms with van der Waals surface area (Å²) < 4.78 is 9.67. The minimum Gasteiger partial charge on any atom is -0.421 e. The summed E-state index contributed by atoms with van der Waals surface area (Å²) in [4.78, 5) is 21.3. The second-order valence-corrected chi connectivity index (χ2v) is 3.59. The maximum atomic E-state index is 11.6. The molecule has 0 aliphatic rings. The molecule has 1 aromatic carbocycles. The van der Waals surface area contributed by atoms with E-state index in [1.165, 1.54) is 18.2 Å². The van der Waals surface area contributed by atoms with Gasteiger partial charge in [-0.1, -0.05) is 12.1 Å². The van der Waals surface area contributed by atoms with E-state index in [0.29, 0.717) is 5.56 Å². The van der Waals surface area contributed by atoms with Crippen LogP contribution >= 0.6 is 0 Å². The minimum atomic E-state index is -0.829. The van der Waals surface area contributed by atoms with Gasteiger partial charge in [-0.05, 0) is 23.8 Å². The number of nitro groups is 1. The Hall–Kier alpha value is -2.67. The van der Waals surface area contributed by atoms with Crippen LogP contribution in [0.25, 0.3) is 0 Å². The molecule has 0 spiro atoms. The number of ether oxygens (including phenoxy) is 1. The summed E-state index contributed by atoms with van der Waals surface area (Å²) in [5.41, 5.74) is 0.674. The molecule has 2 rings (SSSR count). The van der Waals surface area contributed by atoms with Crippen LogP contribution in [0, 0.1) is 10.1 Å². The highest BCUT2D eigenvalue weighted by Crippen LogP contribution is 2.18. The molecular weight excluding hydrogens is 254 g/mol. The topological polar surface area (TPSA) is 103 Å². The number of benzene rings is 1. The molecule has 2 aromatic rings. The largest absolute Gasteiger partial charge is 0.433 e. The Kier molecular flexibility index (Phi) is 3.58. The van der Waals surface area contributed by atoms with Crippen molar-refractivity contribution in [3.05, 3.63) is 57.8 Å². The second-order valence-electron chi connectivity index (χ2n) is 3.59. The zero-order valence-corrected chi connectivity index (χ0v) is 9.61. The first-order valence-corrected chi connectivity index (χ1v) is 5.26. The van der Waals surface area contributed by atoms with E-state index in [2.05, 4.69) is 0 Å². The van der Waals surface area contributed by atoms with Crippen LogP contribution in [0.5, 0.6) is 5.75 Å². The molecule has 1 N–H and O–H groups in total. The summed E-state index contributed by atoms with van der Waals surface area (Å²) in [5.74, 6) is -1.35. The molecule has 1 aromatic heterocycles. The van der Waals surface area contributed by atoms with Crippen molar-refractivity contribution in [3.8, 4) is 5.75 Å². The van der Waals surface area contributed by atoms with Gasteiger partial charge in [0.15, 0.2) is 0 Å². The van der Waals surface area contributed by atoms with E-state index >= 15 is 0 Å². The van der Waals surface area contributed by atoms with Gasteiger partial charge >= 0.3 is 11.9 Å². The van der Waals surface area contributed by atoms with E-state index in [1.807, 2.05) is 0 Å². The molecule has 0 unspecified atom stereocenters. The monoisotopic (exact) mass is 263 g/mol.